The van der Waals surface area contributed by atoms with Crippen molar-refractivity contribution in [2.45, 2.75) is 13.5 Å². The first kappa shape index (κ1) is 10.5. The minimum absolute atomic E-state index is 0.789. The fourth-order valence-corrected chi connectivity index (χ4v) is 2.70. The smallest absolute Gasteiger partial charge is 0.121 e. The molecule has 1 heterocycles. The van der Waals surface area contributed by atoms with Gasteiger partial charge in [-0.2, -0.15) is 15.0 Å². The summed E-state index contributed by atoms with van der Waals surface area (Å²) in [6, 6.07) is 16.8. The number of aromatic nitrogens is 3. The lowest BCUT2D eigenvalue weighted by molar-refractivity contribution is 0.579. The van der Waals surface area contributed by atoms with Crippen molar-refractivity contribution in [3.05, 3.63) is 48.5 Å². The summed E-state index contributed by atoms with van der Waals surface area (Å²) in [4.78, 5) is 1.77. The minimum atomic E-state index is 0.789. The Morgan fingerprint density at radius 2 is 1.16 bits per heavy atom. The van der Waals surface area contributed by atoms with E-state index < -0.39 is 0 Å². The standard InChI is InChI=1S/C16H13N3/c1-2-19-17-15-13-9-5-3-7-11(13)12-8-4-6-10-14(12)16(15)18-19/h3-10H,2H2,1H3. The van der Waals surface area contributed by atoms with Crippen molar-refractivity contribution in [3.8, 4) is 0 Å². The number of fused-ring (bicyclic) bond motifs is 6. The maximum atomic E-state index is 4.62. The van der Waals surface area contributed by atoms with Crippen molar-refractivity contribution in [1.82, 2.24) is 15.0 Å². The zero-order valence-corrected chi connectivity index (χ0v) is 10.7. The maximum Gasteiger partial charge on any atom is 0.121 e. The molecule has 0 saturated carbocycles. The second kappa shape index (κ2) is 3.79. The lowest BCUT2D eigenvalue weighted by Gasteiger charge is -2.04. The van der Waals surface area contributed by atoms with Gasteiger partial charge in [-0.15, -0.1) is 0 Å². The molecule has 0 fully saturated rings. The Morgan fingerprint density at radius 3 is 1.58 bits per heavy atom. The molecule has 0 aliphatic rings. The quantitative estimate of drug-likeness (QED) is 0.479. The van der Waals surface area contributed by atoms with E-state index in [-0.39, 0.29) is 0 Å². The Morgan fingerprint density at radius 1 is 0.737 bits per heavy atom. The van der Waals surface area contributed by atoms with Gasteiger partial charge in [-0.3, -0.25) is 0 Å². The molecule has 0 saturated heterocycles. The molecule has 0 bridgehead atoms. The third-order valence-electron chi connectivity index (χ3n) is 3.59. The van der Waals surface area contributed by atoms with Crippen molar-refractivity contribution in [3.63, 3.8) is 0 Å². The predicted octanol–water partition coefficient (Wildman–Crippen LogP) is 3.76. The first-order valence-electron chi connectivity index (χ1n) is 6.53. The molecule has 0 aliphatic heterocycles. The maximum absolute atomic E-state index is 4.62. The molecule has 19 heavy (non-hydrogen) atoms. The van der Waals surface area contributed by atoms with Crippen LogP contribution in [0.2, 0.25) is 0 Å². The second-order valence-corrected chi connectivity index (χ2v) is 4.68. The Hall–Kier alpha value is -2.42. The predicted molar refractivity (Wildman–Crippen MR) is 78.2 cm³/mol. The van der Waals surface area contributed by atoms with Crippen LogP contribution in [0.25, 0.3) is 32.6 Å². The fourth-order valence-electron chi connectivity index (χ4n) is 2.70. The van der Waals surface area contributed by atoms with E-state index in [1.54, 1.807) is 4.80 Å². The van der Waals surface area contributed by atoms with Gasteiger partial charge >= 0.3 is 0 Å². The second-order valence-electron chi connectivity index (χ2n) is 4.68. The number of rotatable bonds is 1. The van der Waals surface area contributed by atoms with E-state index >= 15 is 0 Å². The van der Waals surface area contributed by atoms with E-state index in [0.717, 1.165) is 17.6 Å². The average molecular weight is 247 g/mol. The molecule has 1 aromatic heterocycles. The molecule has 0 aliphatic carbocycles. The van der Waals surface area contributed by atoms with Crippen molar-refractivity contribution in [1.29, 1.82) is 0 Å². The average Bonchev–Trinajstić information content (AvgIpc) is 2.92. The first-order chi connectivity index (χ1) is 9.38. The summed E-state index contributed by atoms with van der Waals surface area (Å²) in [5, 5.41) is 14.1. The van der Waals surface area contributed by atoms with Crippen LogP contribution in [-0.4, -0.2) is 15.0 Å². The molecule has 3 aromatic carbocycles. The monoisotopic (exact) mass is 247 g/mol. The topological polar surface area (TPSA) is 30.7 Å². The number of hydrogen-bond donors (Lipinski definition) is 0. The van der Waals surface area contributed by atoms with E-state index in [1.807, 2.05) is 0 Å². The van der Waals surface area contributed by atoms with Gasteiger partial charge in [0.05, 0.1) is 6.54 Å². The largest absolute Gasteiger partial charge is 0.184 e. The van der Waals surface area contributed by atoms with E-state index in [4.69, 9.17) is 0 Å². The van der Waals surface area contributed by atoms with Crippen LogP contribution in [0.5, 0.6) is 0 Å². The summed E-state index contributed by atoms with van der Waals surface area (Å²) in [5.74, 6) is 0. The van der Waals surface area contributed by atoms with E-state index in [1.165, 1.54) is 21.5 Å². The van der Waals surface area contributed by atoms with Gasteiger partial charge in [0.15, 0.2) is 0 Å². The summed E-state index contributed by atoms with van der Waals surface area (Å²) in [7, 11) is 0. The number of benzene rings is 3. The zero-order chi connectivity index (χ0) is 12.8. The third kappa shape index (κ3) is 1.38. The van der Waals surface area contributed by atoms with Gasteiger partial charge in [-0.05, 0) is 17.7 Å². The molecule has 0 amide bonds. The van der Waals surface area contributed by atoms with Crippen molar-refractivity contribution in [2.75, 3.05) is 0 Å². The summed E-state index contributed by atoms with van der Waals surface area (Å²) >= 11 is 0. The van der Waals surface area contributed by atoms with Crippen LogP contribution in [0, 0.1) is 0 Å². The van der Waals surface area contributed by atoms with Crippen LogP contribution in [0.4, 0.5) is 0 Å². The summed E-state index contributed by atoms with van der Waals surface area (Å²) in [5.41, 5.74) is 1.99. The first-order valence-corrected chi connectivity index (χ1v) is 6.53. The molecule has 0 radical (unpaired) electrons. The lowest BCUT2D eigenvalue weighted by atomic mass is 10.0. The summed E-state index contributed by atoms with van der Waals surface area (Å²) in [6.45, 7) is 2.85. The zero-order valence-electron chi connectivity index (χ0n) is 10.7. The van der Waals surface area contributed by atoms with Gasteiger partial charge in [-0.1, -0.05) is 48.5 Å². The molecular formula is C16H13N3. The SMILES string of the molecule is CCn1nc2c3ccccc3c3ccccc3c2n1. The van der Waals surface area contributed by atoms with Crippen LogP contribution in [-0.2, 0) is 6.54 Å². The van der Waals surface area contributed by atoms with Crippen LogP contribution >= 0.6 is 0 Å². The highest BCUT2D eigenvalue weighted by Crippen LogP contribution is 2.32. The van der Waals surface area contributed by atoms with E-state index in [0.29, 0.717) is 0 Å². The highest BCUT2D eigenvalue weighted by atomic mass is 15.5. The molecule has 92 valence electrons. The fraction of sp³-hybridized carbons (Fsp3) is 0.125. The highest BCUT2D eigenvalue weighted by Gasteiger charge is 2.12. The Balaban J connectivity index is 2.37. The van der Waals surface area contributed by atoms with Gasteiger partial charge in [0.2, 0.25) is 0 Å². The molecule has 4 aromatic rings. The summed E-state index contributed by atoms with van der Waals surface area (Å²) < 4.78 is 0. The Bertz CT molecular complexity index is 833. The molecule has 0 N–H and O–H groups in total. The number of nitrogens with zero attached hydrogens (tertiary/aromatic N) is 3. The number of hydrogen-bond acceptors (Lipinski definition) is 2. The van der Waals surface area contributed by atoms with E-state index in [9.17, 15) is 0 Å². The van der Waals surface area contributed by atoms with Crippen LogP contribution in [0.3, 0.4) is 0 Å². The van der Waals surface area contributed by atoms with Gasteiger partial charge in [0.1, 0.15) is 11.0 Å². The van der Waals surface area contributed by atoms with Gasteiger partial charge in [0.25, 0.3) is 0 Å². The number of aryl methyl sites for hydroxylation is 1. The Kier molecular flexibility index (Phi) is 2.09. The molecule has 3 nitrogen and oxygen atoms in total. The molecule has 4 rings (SSSR count). The van der Waals surface area contributed by atoms with Crippen LogP contribution in [0.15, 0.2) is 48.5 Å². The Labute approximate surface area is 110 Å². The lowest BCUT2D eigenvalue weighted by Crippen LogP contribution is -1.97. The van der Waals surface area contributed by atoms with Crippen molar-refractivity contribution >= 4 is 32.6 Å². The van der Waals surface area contributed by atoms with Gasteiger partial charge < -0.3 is 0 Å². The minimum Gasteiger partial charge on any atom is -0.184 e. The third-order valence-corrected chi connectivity index (χ3v) is 3.59. The van der Waals surface area contributed by atoms with Crippen LogP contribution in [0.1, 0.15) is 6.92 Å². The highest BCUT2D eigenvalue weighted by molar-refractivity contribution is 6.22. The molecule has 0 spiro atoms. The van der Waals surface area contributed by atoms with Crippen molar-refractivity contribution < 1.29 is 0 Å². The van der Waals surface area contributed by atoms with Crippen LogP contribution < -0.4 is 0 Å². The summed E-state index contributed by atoms with van der Waals surface area (Å²) in [6.07, 6.45) is 0. The molecular weight excluding hydrogens is 234 g/mol. The normalized spacial score (nSPS) is 11.6. The van der Waals surface area contributed by atoms with Crippen molar-refractivity contribution in [2.24, 2.45) is 0 Å². The molecule has 0 unspecified atom stereocenters. The van der Waals surface area contributed by atoms with Gasteiger partial charge in [0, 0.05) is 10.8 Å². The molecule has 0 atom stereocenters. The van der Waals surface area contributed by atoms with Gasteiger partial charge in [-0.25, -0.2) is 0 Å². The van der Waals surface area contributed by atoms with E-state index in [2.05, 4.69) is 65.7 Å². The molecule has 3 heteroatoms.